The third kappa shape index (κ3) is 2.32. The predicted molar refractivity (Wildman–Crippen MR) is 68.4 cm³/mol. The van der Waals surface area contributed by atoms with Gasteiger partial charge in [0.05, 0.1) is 17.1 Å². The van der Waals surface area contributed by atoms with Crippen molar-refractivity contribution in [1.82, 2.24) is 15.0 Å². The number of alkyl halides is 2. The molecule has 0 unspecified atom stereocenters. The Bertz CT molecular complexity index is 853. The Morgan fingerprint density at radius 2 is 1.68 bits per heavy atom. The highest BCUT2D eigenvalue weighted by Crippen LogP contribution is 2.34. The fourth-order valence-corrected chi connectivity index (χ4v) is 1.90. The molecule has 3 aromatic rings. The van der Waals surface area contributed by atoms with Gasteiger partial charge in [0.1, 0.15) is 17.3 Å². The van der Waals surface area contributed by atoms with Gasteiger partial charge in [-0.05, 0) is 24.3 Å². The fraction of sp³-hybridized carbons (Fsp3) is 0.0714. The Hall–Kier alpha value is -2.77. The molecule has 0 spiro atoms. The number of halogens is 4. The van der Waals surface area contributed by atoms with E-state index < -0.39 is 35.0 Å². The van der Waals surface area contributed by atoms with E-state index >= 15 is 0 Å². The number of hydrogen-bond donors (Lipinski definition) is 1. The predicted octanol–water partition coefficient (Wildman–Crippen LogP) is 3.15. The van der Waals surface area contributed by atoms with E-state index in [1.54, 1.807) is 0 Å². The van der Waals surface area contributed by atoms with Crippen LogP contribution >= 0.6 is 0 Å². The zero-order valence-corrected chi connectivity index (χ0v) is 10.8. The van der Waals surface area contributed by atoms with Crippen molar-refractivity contribution in [2.24, 2.45) is 0 Å². The van der Waals surface area contributed by atoms with Crippen LogP contribution in [0.3, 0.4) is 0 Å². The first-order valence-electron chi connectivity index (χ1n) is 6.04. The highest BCUT2D eigenvalue weighted by molar-refractivity contribution is 5.83. The summed E-state index contributed by atoms with van der Waals surface area (Å²) in [4.78, 5) is 10.2. The first-order chi connectivity index (χ1) is 10.4. The van der Waals surface area contributed by atoms with E-state index in [9.17, 15) is 22.7 Å². The second-order valence-corrected chi connectivity index (χ2v) is 4.47. The van der Waals surface area contributed by atoms with Crippen LogP contribution in [-0.4, -0.2) is 20.1 Å². The summed E-state index contributed by atoms with van der Waals surface area (Å²) in [6, 6.07) is 4.72. The molecular weight excluding hydrogens is 302 g/mol. The molecule has 112 valence electrons. The first kappa shape index (κ1) is 14.2. The van der Waals surface area contributed by atoms with E-state index in [0.717, 1.165) is 24.3 Å². The molecule has 0 amide bonds. The number of hydrogen-bond acceptors (Lipinski definition) is 4. The van der Waals surface area contributed by atoms with E-state index in [-0.39, 0.29) is 10.9 Å². The Kier molecular flexibility index (Phi) is 3.16. The zero-order valence-electron chi connectivity index (χ0n) is 10.8. The van der Waals surface area contributed by atoms with Crippen LogP contribution in [0.5, 0.6) is 5.88 Å². The largest absolute Gasteiger partial charge is 0.493 e. The van der Waals surface area contributed by atoms with E-state index in [4.69, 9.17) is 0 Å². The van der Waals surface area contributed by atoms with Gasteiger partial charge in [0, 0.05) is 6.07 Å². The number of nitrogens with zero attached hydrogens (tertiary/aromatic N) is 3. The average Bonchev–Trinajstić information content (AvgIpc) is 2.47. The van der Waals surface area contributed by atoms with Gasteiger partial charge in [-0.3, -0.25) is 4.98 Å². The summed E-state index contributed by atoms with van der Waals surface area (Å²) < 4.78 is 54.6. The van der Waals surface area contributed by atoms with Crippen molar-refractivity contribution in [2.45, 2.75) is 5.92 Å². The lowest BCUT2D eigenvalue weighted by molar-refractivity contribution is 0.0277. The number of pyridine rings is 1. The monoisotopic (exact) mass is 309 g/mol. The van der Waals surface area contributed by atoms with Gasteiger partial charge < -0.3 is 5.11 Å². The zero-order chi connectivity index (χ0) is 15.9. The third-order valence-corrected chi connectivity index (χ3v) is 2.97. The molecule has 1 N–H and O–H groups in total. The Morgan fingerprint density at radius 3 is 2.36 bits per heavy atom. The maximum absolute atomic E-state index is 14.3. The van der Waals surface area contributed by atoms with Gasteiger partial charge in [0.15, 0.2) is 0 Å². The summed E-state index contributed by atoms with van der Waals surface area (Å²) >= 11 is 0. The van der Waals surface area contributed by atoms with E-state index in [0.29, 0.717) is 6.20 Å². The molecule has 0 radical (unpaired) electrons. The van der Waals surface area contributed by atoms with Gasteiger partial charge >= 0.3 is 5.92 Å². The quantitative estimate of drug-likeness (QED) is 0.739. The first-order valence-corrected chi connectivity index (χ1v) is 6.04. The topological polar surface area (TPSA) is 58.9 Å². The van der Waals surface area contributed by atoms with Crippen LogP contribution in [-0.2, 0) is 5.92 Å². The normalized spacial score (nSPS) is 11.8. The molecule has 2 heterocycles. The maximum Gasteiger partial charge on any atom is 0.348 e. The van der Waals surface area contributed by atoms with Crippen molar-refractivity contribution in [3.8, 4) is 5.88 Å². The third-order valence-electron chi connectivity index (χ3n) is 2.97. The van der Waals surface area contributed by atoms with Crippen molar-refractivity contribution in [1.29, 1.82) is 0 Å². The second kappa shape index (κ2) is 4.90. The van der Waals surface area contributed by atoms with Crippen molar-refractivity contribution in [2.75, 3.05) is 0 Å². The SMILES string of the molecule is Oc1nc(C(F)(F)c2ccc(F)cn2)nc2cc(F)ccc12. The minimum atomic E-state index is -3.77. The molecule has 0 saturated carbocycles. The Balaban J connectivity index is 2.17. The highest BCUT2D eigenvalue weighted by Gasteiger charge is 2.40. The summed E-state index contributed by atoms with van der Waals surface area (Å²) in [6.45, 7) is 0. The van der Waals surface area contributed by atoms with E-state index in [1.165, 1.54) is 6.07 Å². The van der Waals surface area contributed by atoms with Crippen LogP contribution in [0, 0.1) is 11.6 Å². The molecule has 0 fully saturated rings. The van der Waals surface area contributed by atoms with Crippen molar-refractivity contribution >= 4 is 10.9 Å². The van der Waals surface area contributed by atoms with Crippen LogP contribution < -0.4 is 0 Å². The lowest BCUT2D eigenvalue weighted by Gasteiger charge is -2.15. The molecule has 3 rings (SSSR count). The average molecular weight is 309 g/mol. The second-order valence-electron chi connectivity index (χ2n) is 4.47. The lowest BCUT2D eigenvalue weighted by Crippen LogP contribution is -2.20. The molecule has 4 nitrogen and oxygen atoms in total. The molecule has 22 heavy (non-hydrogen) atoms. The summed E-state index contributed by atoms with van der Waals surface area (Å²) in [7, 11) is 0. The Morgan fingerprint density at radius 1 is 0.955 bits per heavy atom. The van der Waals surface area contributed by atoms with Crippen LogP contribution in [0.4, 0.5) is 17.6 Å². The minimum Gasteiger partial charge on any atom is -0.493 e. The number of benzene rings is 1. The van der Waals surface area contributed by atoms with Crippen molar-refractivity contribution in [3.63, 3.8) is 0 Å². The smallest absolute Gasteiger partial charge is 0.348 e. The molecule has 2 aromatic heterocycles. The van der Waals surface area contributed by atoms with Gasteiger partial charge in [-0.15, -0.1) is 0 Å². The lowest BCUT2D eigenvalue weighted by atomic mass is 10.1. The fourth-order valence-electron chi connectivity index (χ4n) is 1.90. The summed E-state index contributed by atoms with van der Waals surface area (Å²) in [5.41, 5.74) is -0.965. The summed E-state index contributed by atoms with van der Waals surface area (Å²) in [6.07, 6.45) is 0.629. The number of fused-ring (bicyclic) bond motifs is 1. The van der Waals surface area contributed by atoms with Crippen molar-refractivity contribution < 1.29 is 22.7 Å². The van der Waals surface area contributed by atoms with E-state index in [2.05, 4.69) is 15.0 Å². The minimum absolute atomic E-state index is 0.0352. The molecule has 0 saturated heterocycles. The summed E-state index contributed by atoms with van der Waals surface area (Å²) in [5.74, 6) is -7.00. The van der Waals surface area contributed by atoms with Crippen LogP contribution in [0.15, 0.2) is 36.5 Å². The number of aromatic hydroxyl groups is 1. The van der Waals surface area contributed by atoms with Crippen molar-refractivity contribution in [3.05, 3.63) is 59.7 Å². The number of rotatable bonds is 2. The molecule has 1 aromatic carbocycles. The maximum atomic E-state index is 14.3. The molecule has 0 bridgehead atoms. The Labute approximate surface area is 121 Å². The van der Waals surface area contributed by atoms with Gasteiger partial charge in [-0.25, -0.2) is 13.8 Å². The molecule has 0 aliphatic carbocycles. The molecule has 0 aliphatic heterocycles. The van der Waals surface area contributed by atoms with Gasteiger partial charge in [-0.2, -0.15) is 13.8 Å². The summed E-state index contributed by atoms with van der Waals surface area (Å²) in [5, 5.41) is 9.75. The van der Waals surface area contributed by atoms with Gasteiger partial charge in [0.25, 0.3) is 0 Å². The van der Waals surface area contributed by atoms with Crippen LogP contribution in [0.1, 0.15) is 11.5 Å². The van der Waals surface area contributed by atoms with Crippen LogP contribution in [0.2, 0.25) is 0 Å². The van der Waals surface area contributed by atoms with Gasteiger partial charge in [0.2, 0.25) is 11.7 Å². The number of aromatic nitrogens is 3. The van der Waals surface area contributed by atoms with E-state index in [1.807, 2.05) is 0 Å². The molecule has 0 atom stereocenters. The van der Waals surface area contributed by atoms with Crippen LogP contribution in [0.25, 0.3) is 10.9 Å². The molecule has 0 aliphatic rings. The van der Waals surface area contributed by atoms with Gasteiger partial charge in [-0.1, -0.05) is 0 Å². The standard InChI is InChI=1S/C14H7F4N3O/c15-7-1-3-9-10(5-7)20-13(21-12(9)22)14(17,18)11-4-2-8(16)6-19-11/h1-6H,(H,20,21,22). The molecule has 8 heteroatoms. The molecular formula is C14H7F4N3O. The highest BCUT2D eigenvalue weighted by atomic mass is 19.3.